The van der Waals surface area contributed by atoms with Crippen LogP contribution in [0.1, 0.15) is 78.0 Å². The minimum Gasteiger partial charge on any atom is -0.481 e. The highest BCUT2D eigenvalue weighted by Gasteiger charge is 2.42. The van der Waals surface area contributed by atoms with Crippen LogP contribution in [0.2, 0.25) is 0 Å². The molecule has 4 heterocycles. The molecule has 0 radical (unpaired) electrons. The fourth-order valence-corrected chi connectivity index (χ4v) is 9.54. The Morgan fingerprint density at radius 2 is 1.97 bits per heavy atom. The van der Waals surface area contributed by atoms with Gasteiger partial charge >= 0.3 is 19.7 Å². The third-order valence-corrected chi connectivity index (χ3v) is 12.7. The van der Waals surface area contributed by atoms with Gasteiger partial charge < -0.3 is 33.3 Å². The van der Waals surface area contributed by atoms with Gasteiger partial charge in [0.1, 0.15) is 37.0 Å². The van der Waals surface area contributed by atoms with Crippen molar-refractivity contribution in [2.24, 2.45) is 0 Å². The zero-order chi connectivity index (χ0) is 44.4. The van der Waals surface area contributed by atoms with Crippen LogP contribution in [0.25, 0.3) is 10.8 Å². The Morgan fingerprint density at radius 3 is 2.62 bits per heavy atom. The number of carbonyl (C=O) groups is 2. The summed E-state index contributed by atoms with van der Waals surface area (Å²) in [6.07, 6.45) is 5.98. The number of rotatable bonds is 16. The largest absolute Gasteiger partial charge is 0.481 e. The number of anilines is 1. The van der Waals surface area contributed by atoms with E-state index in [9.17, 15) is 18.5 Å². The van der Waals surface area contributed by atoms with Crippen LogP contribution in [0.5, 0.6) is 23.4 Å². The average molecular weight is 869 g/mol. The number of hydrogen-bond acceptors (Lipinski definition) is 13. The lowest BCUT2D eigenvalue weighted by atomic mass is 9.95. The molecule has 2 fully saturated rings. The number of likely N-dealkylation sites (N-methyl/N-ethyl adjacent to an activating group) is 2. The van der Waals surface area contributed by atoms with Gasteiger partial charge in [-0.1, -0.05) is 18.6 Å². The molecule has 0 saturated carbocycles. The average Bonchev–Trinajstić information content (AvgIpc) is 3.76. The number of aromatic nitrogens is 2. The molecule has 6 rings (SSSR count). The summed E-state index contributed by atoms with van der Waals surface area (Å²) in [5, 5.41) is 3.40. The summed E-state index contributed by atoms with van der Waals surface area (Å²) >= 11 is 0. The molecule has 18 heteroatoms. The number of esters is 1. The number of carbonyl (C=O) groups excluding carboxylic acids is 2. The van der Waals surface area contributed by atoms with E-state index in [2.05, 4.69) is 22.6 Å². The Bertz CT molecular complexity index is 2240. The van der Waals surface area contributed by atoms with Crippen molar-refractivity contribution < 1.29 is 50.9 Å². The molecule has 3 aromatic rings. The van der Waals surface area contributed by atoms with Crippen molar-refractivity contribution in [3.8, 4) is 35.7 Å². The van der Waals surface area contributed by atoms with Crippen LogP contribution in [0, 0.1) is 18.2 Å². The zero-order valence-corrected chi connectivity index (χ0v) is 36.8. The highest BCUT2D eigenvalue weighted by molar-refractivity contribution is 7.52. The van der Waals surface area contributed by atoms with E-state index in [4.69, 9.17) is 39.4 Å². The molecule has 1 N–H and O–H groups in total. The second-order valence-electron chi connectivity index (χ2n) is 16.5. The molecule has 2 aromatic carbocycles. The first-order valence-corrected chi connectivity index (χ1v) is 21.9. The van der Waals surface area contributed by atoms with E-state index in [1.165, 1.54) is 37.3 Å². The highest BCUT2D eigenvalue weighted by Crippen LogP contribution is 2.49. The Labute approximate surface area is 355 Å². The van der Waals surface area contributed by atoms with Crippen LogP contribution in [0.3, 0.4) is 0 Å². The monoisotopic (exact) mass is 868 g/mol. The van der Waals surface area contributed by atoms with Gasteiger partial charge in [-0.2, -0.15) is 15.1 Å². The quantitative estimate of drug-likeness (QED) is 0.0719. The van der Waals surface area contributed by atoms with Crippen LogP contribution >= 0.6 is 7.75 Å². The smallest absolute Gasteiger partial charge is 0.459 e. The Morgan fingerprint density at radius 1 is 1.21 bits per heavy atom. The SMILES string of the molecule is C#Cc1c(F)ccc2cc(OP(=O)(N[C@@H](C)C(=O)OC(C)C)OC(C)C)cc(C3COc4c(nc(OC[C@]5(C)C[C@@H](F)CN5C)nc4N(C)C[C@@H]4CCCN4C(=O)C=C)O3)c12. The van der Waals surface area contributed by atoms with E-state index in [1.54, 1.807) is 32.6 Å². The van der Waals surface area contributed by atoms with Crippen LogP contribution in [0.4, 0.5) is 14.6 Å². The first-order valence-electron chi connectivity index (χ1n) is 20.4. The van der Waals surface area contributed by atoms with Crippen molar-refractivity contribution in [1.29, 1.82) is 0 Å². The van der Waals surface area contributed by atoms with Crippen molar-refractivity contribution in [2.75, 3.05) is 51.8 Å². The summed E-state index contributed by atoms with van der Waals surface area (Å²) in [6, 6.07) is 4.45. The molecule has 0 spiro atoms. The lowest BCUT2D eigenvalue weighted by molar-refractivity contribution is -0.149. The topological polar surface area (TPSA) is 154 Å². The van der Waals surface area contributed by atoms with E-state index >= 15 is 4.39 Å². The van der Waals surface area contributed by atoms with Crippen molar-refractivity contribution in [1.82, 2.24) is 24.9 Å². The number of ether oxygens (including phenoxy) is 4. The molecule has 61 heavy (non-hydrogen) atoms. The number of benzene rings is 2. The predicted octanol–water partition coefficient (Wildman–Crippen LogP) is 6.53. The molecule has 2 unspecified atom stereocenters. The van der Waals surface area contributed by atoms with Gasteiger partial charge in [0.05, 0.1) is 23.3 Å². The maximum Gasteiger partial charge on any atom is 0.459 e. The third kappa shape index (κ3) is 10.2. The minimum absolute atomic E-state index is 0.00653. The van der Waals surface area contributed by atoms with E-state index in [0.29, 0.717) is 35.2 Å². The highest BCUT2D eigenvalue weighted by atomic mass is 31.2. The normalized spacial score (nSPS) is 22.8. The molecular formula is C43H55F2N6O9P. The molecule has 6 atom stereocenters. The lowest BCUT2D eigenvalue weighted by Gasteiger charge is -2.33. The first-order chi connectivity index (χ1) is 28.8. The van der Waals surface area contributed by atoms with Crippen LogP contribution in [-0.2, 0) is 23.4 Å². The number of alkyl halides is 1. The fourth-order valence-electron chi connectivity index (χ4n) is 7.86. The Balaban J connectivity index is 1.40. The minimum atomic E-state index is -4.29. The number of terminal acetylenes is 1. The molecule has 3 aliphatic rings. The second kappa shape index (κ2) is 18.5. The van der Waals surface area contributed by atoms with Crippen molar-refractivity contribution in [3.05, 3.63) is 53.9 Å². The maximum atomic E-state index is 15.4. The summed E-state index contributed by atoms with van der Waals surface area (Å²) in [6.45, 7) is 14.9. The van der Waals surface area contributed by atoms with Crippen LogP contribution in [-0.4, -0.2) is 115 Å². The number of nitrogens with one attached hydrogen (secondary N) is 1. The summed E-state index contributed by atoms with van der Waals surface area (Å²) in [7, 11) is -0.651. The molecule has 330 valence electrons. The molecule has 15 nitrogen and oxygen atoms in total. The lowest BCUT2D eigenvalue weighted by Crippen LogP contribution is -2.43. The standard InChI is InChI=1S/C43H55F2N6O9P/c1-11-32-34(45)16-15-28-18-31(60-61(54,59-26(5)6)48-27(7)41(53)57-25(3)4)19-33(37(28)32)35-23-55-38-39(49(9)22-30-14-13-17-51(30)36(52)12-2)46-42(47-40(38)58-35)56-24-43(8)20-29(44)21-50(43)10/h1,12,15-16,18-19,25-27,29-30,35H,2,13-14,17,20-24H2,3-10H3,(H,48,54)/t27-,29+,30-,35?,43-,61?/m0/s1. The summed E-state index contributed by atoms with van der Waals surface area (Å²) in [5.41, 5.74) is -0.390. The molecule has 3 aliphatic heterocycles. The van der Waals surface area contributed by atoms with E-state index < -0.39 is 55.6 Å². The number of halogens is 2. The summed E-state index contributed by atoms with van der Waals surface area (Å²) in [5.74, 6) is 1.49. The number of fused-ring (bicyclic) bond motifs is 2. The van der Waals surface area contributed by atoms with Gasteiger partial charge in [-0.05, 0) is 91.1 Å². The van der Waals surface area contributed by atoms with Crippen LogP contribution < -0.4 is 28.7 Å². The predicted molar refractivity (Wildman–Crippen MR) is 225 cm³/mol. The first kappa shape index (κ1) is 45.5. The van der Waals surface area contributed by atoms with Gasteiger partial charge in [0.25, 0.3) is 5.88 Å². The van der Waals surface area contributed by atoms with Gasteiger partial charge in [-0.25, -0.2) is 13.3 Å². The Hall–Kier alpha value is -5.01. The Kier molecular flexibility index (Phi) is 13.8. The second-order valence-corrected chi connectivity index (χ2v) is 18.2. The van der Waals surface area contributed by atoms with Gasteiger partial charge in [-0.3, -0.25) is 19.0 Å². The molecule has 1 aromatic heterocycles. The maximum absolute atomic E-state index is 15.4. The van der Waals surface area contributed by atoms with Gasteiger partial charge in [0.2, 0.25) is 11.7 Å². The third-order valence-electron chi connectivity index (χ3n) is 10.9. The van der Waals surface area contributed by atoms with Gasteiger partial charge in [0, 0.05) is 50.1 Å². The van der Waals surface area contributed by atoms with Crippen LogP contribution in [0.15, 0.2) is 36.9 Å². The fraction of sp³-hybridized carbons (Fsp3) is 0.535. The van der Waals surface area contributed by atoms with Gasteiger partial charge in [0.15, 0.2) is 11.9 Å². The molecular weight excluding hydrogens is 813 g/mol. The summed E-state index contributed by atoms with van der Waals surface area (Å²) < 4.78 is 80.6. The van der Waals surface area contributed by atoms with E-state index in [0.717, 1.165) is 12.8 Å². The molecule has 1 amide bonds. The zero-order valence-electron chi connectivity index (χ0n) is 35.9. The number of nitrogens with zero attached hydrogens (tertiary/aromatic N) is 5. The molecule has 2 saturated heterocycles. The van der Waals surface area contributed by atoms with Gasteiger partial charge in [-0.15, -0.1) is 6.42 Å². The number of amides is 1. The molecule has 0 bridgehead atoms. The number of likely N-dealkylation sites (tertiary alicyclic amines) is 2. The van der Waals surface area contributed by atoms with E-state index in [-0.39, 0.29) is 67.1 Å². The van der Waals surface area contributed by atoms with Crippen molar-refractivity contribution in [3.63, 3.8) is 0 Å². The molecule has 0 aliphatic carbocycles. The van der Waals surface area contributed by atoms with Crippen molar-refractivity contribution in [2.45, 2.75) is 103 Å². The van der Waals surface area contributed by atoms with E-state index in [1.807, 2.05) is 30.8 Å². The van der Waals surface area contributed by atoms with Crippen molar-refractivity contribution >= 4 is 36.2 Å². The number of hydrogen-bond donors (Lipinski definition) is 1. The summed E-state index contributed by atoms with van der Waals surface area (Å²) in [4.78, 5) is 40.3.